The van der Waals surface area contributed by atoms with Crippen LogP contribution in [0.3, 0.4) is 0 Å². The fourth-order valence-electron chi connectivity index (χ4n) is 1.13. The smallest absolute Gasteiger partial charge is 0.0743 e. The van der Waals surface area contributed by atoms with Crippen LogP contribution in [-0.4, -0.2) is 23.8 Å². The molecule has 0 aromatic carbocycles. The van der Waals surface area contributed by atoms with E-state index in [4.69, 9.17) is 5.26 Å². The van der Waals surface area contributed by atoms with E-state index >= 15 is 0 Å². The predicted molar refractivity (Wildman–Crippen MR) is 48.6 cm³/mol. The second kappa shape index (κ2) is 5.99. The van der Waals surface area contributed by atoms with E-state index in [1.165, 1.54) is 0 Å². The van der Waals surface area contributed by atoms with Gasteiger partial charge in [0, 0.05) is 19.5 Å². The zero-order valence-corrected chi connectivity index (χ0v) is 7.93. The average molecular weight is 170 g/mol. The average Bonchev–Trinajstić information content (AvgIpc) is 1.98. The Labute approximate surface area is 74.4 Å². The first-order valence-electron chi connectivity index (χ1n) is 4.42. The van der Waals surface area contributed by atoms with Crippen LogP contribution in [0.25, 0.3) is 0 Å². The van der Waals surface area contributed by atoms with Crippen molar-refractivity contribution in [3.05, 3.63) is 0 Å². The third-order valence-corrected chi connectivity index (χ3v) is 1.71. The molecule has 0 rings (SSSR count). The van der Waals surface area contributed by atoms with Gasteiger partial charge in [0.2, 0.25) is 0 Å². The highest BCUT2D eigenvalue weighted by atomic mass is 16.3. The first-order chi connectivity index (χ1) is 5.62. The van der Waals surface area contributed by atoms with E-state index in [9.17, 15) is 5.11 Å². The lowest BCUT2D eigenvalue weighted by molar-refractivity contribution is 0.0504. The second-order valence-corrected chi connectivity index (χ2v) is 3.33. The molecular formula is C9H18N2O. The number of nitrogens with zero attached hydrogens (tertiary/aromatic N) is 1. The SMILES string of the molecule is CCCC(C)(O)CNCCC#N. The van der Waals surface area contributed by atoms with Crippen LogP contribution in [0.4, 0.5) is 0 Å². The maximum Gasteiger partial charge on any atom is 0.0743 e. The summed E-state index contributed by atoms with van der Waals surface area (Å²) in [5.74, 6) is 0. The van der Waals surface area contributed by atoms with Crippen LogP contribution in [0.2, 0.25) is 0 Å². The molecule has 2 N–H and O–H groups in total. The summed E-state index contributed by atoms with van der Waals surface area (Å²) in [5, 5.41) is 21.0. The molecule has 1 unspecified atom stereocenters. The van der Waals surface area contributed by atoms with Gasteiger partial charge in [-0.3, -0.25) is 0 Å². The number of rotatable bonds is 6. The van der Waals surface area contributed by atoms with Gasteiger partial charge in [-0.15, -0.1) is 0 Å². The third-order valence-electron chi connectivity index (χ3n) is 1.71. The summed E-state index contributed by atoms with van der Waals surface area (Å²) < 4.78 is 0. The van der Waals surface area contributed by atoms with Crippen LogP contribution in [-0.2, 0) is 0 Å². The summed E-state index contributed by atoms with van der Waals surface area (Å²) in [7, 11) is 0. The maximum atomic E-state index is 9.67. The predicted octanol–water partition coefficient (Wildman–Crippen LogP) is 1.04. The Hall–Kier alpha value is -0.590. The number of nitrogens with one attached hydrogen (secondary N) is 1. The molecule has 0 aliphatic heterocycles. The Morgan fingerprint density at radius 1 is 1.58 bits per heavy atom. The monoisotopic (exact) mass is 170 g/mol. The van der Waals surface area contributed by atoms with Gasteiger partial charge in [0.1, 0.15) is 0 Å². The Kier molecular flexibility index (Phi) is 5.69. The van der Waals surface area contributed by atoms with Gasteiger partial charge >= 0.3 is 0 Å². The molecule has 70 valence electrons. The summed E-state index contributed by atoms with van der Waals surface area (Å²) in [6, 6.07) is 2.04. The lowest BCUT2D eigenvalue weighted by atomic mass is 10.0. The van der Waals surface area contributed by atoms with Crippen molar-refractivity contribution in [2.75, 3.05) is 13.1 Å². The molecular weight excluding hydrogens is 152 g/mol. The molecule has 0 heterocycles. The minimum absolute atomic E-state index is 0.502. The fraction of sp³-hybridized carbons (Fsp3) is 0.889. The highest BCUT2D eigenvalue weighted by Crippen LogP contribution is 2.09. The minimum atomic E-state index is -0.621. The van der Waals surface area contributed by atoms with Crippen molar-refractivity contribution in [2.45, 2.75) is 38.7 Å². The van der Waals surface area contributed by atoms with Crippen molar-refractivity contribution in [3.8, 4) is 6.07 Å². The number of hydrogen-bond acceptors (Lipinski definition) is 3. The van der Waals surface area contributed by atoms with Crippen molar-refractivity contribution in [3.63, 3.8) is 0 Å². The third kappa shape index (κ3) is 6.14. The summed E-state index contributed by atoms with van der Waals surface area (Å²) in [5.41, 5.74) is -0.621. The summed E-state index contributed by atoms with van der Waals surface area (Å²) in [6.07, 6.45) is 2.28. The van der Waals surface area contributed by atoms with Crippen molar-refractivity contribution >= 4 is 0 Å². The van der Waals surface area contributed by atoms with Crippen molar-refractivity contribution < 1.29 is 5.11 Å². The normalized spacial score (nSPS) is 15.2. The standard InChI is InChI=1S/C9H18N2O/c1-3-5-9(2,12)8-11-7-4-6-10/h11-12H,3-5,7-8H2,1-2H3. The van der Waals surface area contributed by atoms with Crippen molar-refractivity contribution in [2.24, 2.45) is 0 Å². The maximum absolute atomic E-state index is 9.67. The molecule has 0 aromatic heterocycles. The fourth-order valence-corrected chi connectivity index (χ4v) is 1.13. The highest BCUT2D eigenvalue weighted by molar-refractivity contribution is 4.76. The molecule has 0 spiro atoms. The molecule has 3 nitrogen and oxygen atoms in total. The van der Waals surface area contributed by atoms with Crippen LogP contribution in [0, 0.1) is 11.3 Å². The molecule has 0 amide bonds. The van der Waals surface area contributed by atoms with E-state index in [0.717, 1.165) is 12.8 Å². The van der Waals surface area contributed by atoms with Crippen molar-refractivity contribution in [1.82, 2.24) is 5.32 Å². The van der Waals surface area contributed by atoms with Crippen LogP contribution < -0.4 is 5.32 Å². The van der Waals surface area contributed by atoms with E-state index in [0.29, 0.717) is 19.5 Å². The first kappa shape index (κ1) is 11.4. The Morgan fingerprint density at radius 2 is 2.25 bits per heavy atom. The molecule has 12 heavy (non-hydrogen) atoms. The van der Waals surface area contributed by atoms with Crippen LogP contribution >= 0.6 is 0 Å². The van der Waals surface area contributed by atoms with E-state index in [2.05, 4.69) is 5.32 Å². The first-order valence-corrected chi connectivity index (χ1v) is 4.42. The van der Waals surface area contributed by atoms with Crippen LogP contribution in [0.1, 0.15) is 33.1 Å². The van der Waals surface area contributed by atoms with Gasteiger partial charge < -0.3 is 10.4 Å². The molecule has 0 aliphatic carbocycles. The van der Waals surface area contributed by atoms with Gasteiger partial charge in [0.05, 0.1) is 11.7 Å². The van der Waals surface area contributed by atoms with E-state index in [1.807, 2.05) is 19.9 Å². The second-order valence-electron chi connectivity index (χ2n) is 3.33. The van der Waals surface area contributed by atoms with Gasteiger partial charge in [0.25, 0.3) is 0 Å². The van der Waals surface area contributed by atoms with E-state index < -0.39 is 5.60 Å². The summed E-state index contributed by atoms with van der Waals surface area (Å²) in [4.78, 5) is 0. The minimum Gasteiger partial charge on any atom is -0.389 e. The molecule has 0 aromatic rings. The lowest BCUT2D eigenvalue weighted by Crippen LogP contribution is -2.37. The zero-order valence-electron chi connectivity index (χ0n) is 7.93. The molecule has 0 saturated heterocycles. The largest absolute Gasteiger partial charge is 0.389 e. The molecule has 0 bridgehead atoms. The lowest BCUT2D eigenvalue weighted by Gasteiger charge is -2.22. The molecule has 0 saturated carbocycles. The van der Waals surface area contributed by atoms with Gasteiger partial charge in [0.15, 0.2) is 0 Å². The summed E-state index contributed by atoms with van der Waals surface area (Å²) in [6.45, 7) is 5.10. The topological polar surface area (TPSA) is 56.0 Å². The number of aliphatic hydroxyl groups is 1. The Morgan fingerprint density at radius 3 is 2.75 bits per heavy atom. The van der Waals surface area contributed by atoms with Gasteiger partial charge in [-0.1, -0.05) is 13.3 Å². The van der Waals surface area contributed by atoms with Crippen LogP contribution in [0.15, 0.2) is 0 Å². The Balaban J connectivity index is 3.41. The summed E-state index contributed by atoms with van der Waals surface area (Å²) >= 11 is 0. The van der Waals surface area contributed by atoms with E-state index in [-0.39, 0.29) is 0 Å². The van der Waals surface area contributed by atoms with Crippen molar-refractivity contribution in [1.29, 1.82) is 5.26 Å². The zero-order chi connectivity index (χ0) is 9.45. The highest BCUT2D eigenvalue weighted by Gasteiger charge is 2.17. The molecule has 0 fully saturated rings. The molecule has 1 atom stereocenters. The van der Waals surface area contributed by atoms with Gasteiger partial charge in [-0.05, 0) is 13.3 Å². The van der Waals surface area contributed by atoms with Crippen LogP contribution in [0.5, 0.6) is 0 Å². The van der Waals surface area contributed by atoms with Gasteiger partial charge in [-0.25, -0.2) is 0 Å². The van der Waals surface area contributed by atoms with Gasteiger partial charge in [-0.2, -0.15) is 5.26 Å². The quantitative estimate of drug-likeness (QED) is 0.586. The molecule has 0 aliphatic rings. The molecule has 3 heteroatoms. The number of nitriles is 1. The molecule has 0 radical (unpaired) electrons. The Bertz CT molecular complexity index is 149. The van der Waals surface area contributed by atoms with E-state index in [1.54, 1.807) is 0 Å². The number of hydrogen-bond donors (Lipinski definition) is 2.